The van der Waals surface area contributed by atoms with E-state index in [4.69, 9.17) is 0 Å². The van der Waals surface area contributed by atoms with Gasteiger partial charge in [0.05, 0.1) is 6.54 Å². The summed E-state index contributed by atoms with van der Waals surface area (Å²) in [6.07, 6.45) is 8.11. The van der Waals surface area contributed by atoms with Crippen LogP contribution in [0, 0.1) is 17.3 Å². The zero-order valence-corrected chi connectivity index (χ0v) is 15.6. The Balaban J connectivity index is 0.00000208. The third-order valence-electron chi connectivity index (χ3n) is 5.97. The van der Waals surface area contributed by atoms with E-state index in [0.717, 1.165) is 44.5 Å². The van der Waals surface area contributed by atoms with Crippen LogP contribution in [0.3, 0.4) is 0 Å². The number of hydrogen-bond acceptors (Lipinski definition) is 2. The van der Waals surface area contributed by atoms with Gasteiger partial charge in [-0.2, -0.15) is 0 Å². The maximum Gasteiger partial charge on any atom is 0.156 e. The minimum absolute atomic E-state index is 0. The largest absolute Gasteiger partial charge is 0.373 e. The van der Waals surface area contributed by atoms with Gasteiger partial charge in [-0.05, 0) is 50.8 Å². The van der Waals surface area contributed by atoms with E-state index >= 15 is 0 Å². The third kappa shape index (κ3) is 3.64. The molecular weight excluding hydrogens is 318 g/mol. The number of halogens is 1. The van der Waals surface area contributed by atoms with Crippen molar-refractivity contribution < 1.29 is 5.11 Å². The molecule has 1 unspecified atom stereocenters. The number of likely N-dealkylation sites (tertiary alicyclic amines) is 1. The number of benzene rings is 1. The van der Waals surface area contributed by atoms with Crippen LogP contribution in [-0.2, 0) is 5.60 Å². The van der Waals surface area contributed by atoms with Crippen LogP contribution in [-0.4, -0.2) is 29.6 Å². The van der Waals surface area contributed by atoms with E-state index < -0.39 is 5.60 Å². The van der Waals surface area contributed by atoms with Crippen LogP contribution in [0.4, 0.5) is 0 Å². The van der Waals surface area contributed by atoms with Crippen LogP contribution in [0.2, 0.25) is 0 Å². The molecule has 24 heavy (non-hydrogen) atoms. The zero-order chi connectivity index (χ0) is 16.2. The molecule has 1 aliphatic carbocycles. The van der Waals surface area contributed by atoms with Crippen molar-refractivity contribution >= 4 is 12.4 Å². The first kappa shape index (κ1) is 19.3. The highest BCUT2D eigenvalue weighted by atomic mass is 35.5. The predicted molar refractivity (Wildman–Crippen MR) is 102 cm³/mol. The summed E-state index contributed by atoms with van der Waals surface area (Å²) < 4.78 is 0. The van der Waals surface area contributed by atoms with Crippen molar-refractivity contribution in [3.63, 3.8) is 0 Å². The SMILES string of the molecule is CCC1(C(O)(C#CCN2CCCC2)c2ccccc2)CCCC1.Cl. The lowest BCUT2D eigenvalue weighted by molar-refractivity contribution is -0.0422. The van der Waals surface area contributed by atoms with Gasteiger partial charge >= 0.3 is 0 Å². The molecule has 132 valence electrons. The molecule has 1 atom stereocenters. The lowest BCUT2D eigenvalue weighted by atomic mass is 9.65. The fraction of sp³-hybridized carbons (Fsp3) is 0.619. The summed E-state index contributed by atoms with van der Waals surface area (Å²) in [6, 6.07) is 10.1. The average Bonchev–Trinajstić information content (AvgIpc) is 3.28. The third-order valence-corrected chi connectivity index (χ3v) is 5.97. The molecule has 3 rings (SSSR count). The van der Waals surface area contributed by atoms with Gasteiger partial charge in [0.1, 0.15) is 0 Å². The lowest BCUT2D eigenvalue weighted by Crippen LogP contribution is -2.43. The van der Waals surface area contributed by atoms with Gasteiger partial charge in [0.15, 0.2) is 5.60 Å². The molecule has 1 saturated carbocycles. The van der Waals surface area contributed by atoms with Crippen molar-refractivity contribution in [2.24, 2.45) is 5.41 Å². The molecule has 1 aromatic rings. The van der Waals surface area contributed by atoms with Gasteiger partial charge in [-0.3, -0.25) is 4.90 Å². The summed E-state index contributed by atoms with van der Waals surface area (Å²) in [5.41, 5.74) is -0.135. The Morgan fingerprint density at radius 2 is 1.71 bits per heavy atom. The van der Waals surface area contributed by atoms with E-state index in [-0.39, 0.29) is 17.8 Å². The van der Waals surface area contributed by atoms with Crippen LogP contribution >= 0.6 is 12.4 Å². The van der Waals surface area contributed by atoms with Gasteiger partial charge in [-0.25, -0.2) is 0 Å². The highest BCUT2D eigenvalue weighted by Crippen LogP contribution is 2.53. The smallest absolute Gasteiger partial charge is 0.156 e. The van der Waals surface area contributed by atoms with E-state index in [0.29, 0.717) is 0 Å². The highest BCUT2D eigenvalue weighted by molar-refractivity contribution is 5.85. The number of nitrogens with zero attached hydrogens (tertiary/aromatic N) is 1. The standard InChI is InChI=1S/C21H29NO.ClH/c1-2-20(13-6-7-14-20)21(23,19-11-4-3-5-12-19)15-10-18-22-16-8-9-17-22;/h3-5,11-12,23H,2,6-9,13-14,16-18H2,1H3;1H. The summed E-state index contributed by atoms with van der Waals surface area (Å²) in [7, 11) is 0. The highest BCUT2D eigenvalue weighted by Gasteiger charge is 2.50. The maximum absolute atomic E-state index is 11.7. The van der Waals surface area contributed by atoms with Crippen molar-refractivity contribution in [3.05, 3.63) is 35.9 Å². The van der Waals surface area contributed by atoms with Crippen LogP contribution in [0.5, 0.6) is 0 Å². The molecule has 2 aliphatic rings. The molecule has 0 aromatic heterocycles. The van der Waals surface area contributed by atoms with Crippen LogP contribution < -0.4 is 0 Å². The molecular formula is C21H30ClNO. The quantitative estimate of drug-likeness (QED) is 0.818. The first-order valence-corrected chi connectivity index (χ1v) is 9.20. The van der Waals surface area contributed by atoms with Crippen molar-refractivity contribution in [1.82, 2.24) is 4.90 Å². The number of rotatable bonds is 4. The number of hydrogen-bond donors (Lipinski definition) is 1. The van der Waals surface area contributed by atoms with Gasteiger partial charge in [-0.1, -0.05) is 61.9 Å². The second-order valence-corrected chi connectivity index (χ2v) is 7.20. The van der Waals surface area contributed by atoms with E-state index in [9.17, 15) is 5.11 Å². The van der Waals surface area contributed by atoms with Crippen molar-refractivity contribution in [2.75, 3.05) is 19.6 Å². The van der Waals surface area contributed by atoms with E-state index in [2.05, 4.69) is 23.7 Å². The van der Waals surface area contributed by atoms with E-state index in [1.807, 2.05) is 30.3 Å². The van der Waals surface area contributed by atoms with Gasteiger partial charge < -0.3 is 5.11 Å². The molecule has 1 aliphatic heterocycles. The van der Waals surface area contributed by atoms with Crippen LogP contribution in [0.25, 0.3) is 0 Å². The van der Waals surface area contributed by atoms with Crippen LogP contribution in [0.15, 0.2) is 30.3 Å². The molecule has 1 N–H and O–H groups in total. The summed E-state index contributed by atoms with van der Waals surface area (Å²) in [5.74, 6) is 6.67. The normalized spacial score (nSPS) is 22.2. The lowest BCUT2D eigenvalue weighted by Gasteiger charge is -2.42. The molecule has 1 aromatic carbocycles. The second-order valence-electron chi connectivity index (χ2n) is 7.20. The Hall–Kier alpha value is -1.01. The molecule has 2 nitrogen and oxygen atoms in total. The Kier molecular flexibility index (Phi) is 6.75. The van der Waals surface area contributed by atoms with Gasteiger partial charge in [0.25, 0.3) is 0 Å². The first-order chi connectivity index (χ1) is 11.2. The molecule has 2 fully saturated rings. The Morgan fingerprint density at radius 1 is 1.08 bits per heavy atom. The molecule has 0 radical (unpaired) electrons. The van der Waals surface area contributed by atoms with Gasteiger partial charge in [-0.15, -0.1) is 12.4 Å². The Morgan fingerprint density at radius 3 is 2.29 bits per heavy atom. The van der Waals surface area contributed by atoms with Crippen molar-refractivity contribution in [1.29, 1.82) is 0 Å². The fourth-order valence-electron chi connectivity index (χ4n) is 4.43. The summed E-state index contributed by atoms with van der Waals surface area (Å²) in [4.78, 5) is 2.39. The topological polar surface area (TPSA) is 23.5 Å². The molecule has 3 heteroatoms. The van der Waals surface area contributed by atoms with Gasteiger partial charge in [0.2, 0.25) is 0 Å². The summed E-state index contributed by atoms with van der Waals surface area (Å²) in [6.45, 7) is 5.30. The Bertz CT molecular complexity index is 564. The van der Waals surface area contributed by atoms with Crippen molar-refractivity contribution in [3.8, 4) is 11.8 Å². The molecule has 1 saturated heterocycles. The van der Waals surface area contributed by atoms with Crippen molar-refractivity contribution in [2.45, 2.75) is 57.5 Å². The minimum Gasteiger partial charge on any atom is -0.373 e. The minimum atomic E-state index is -1.01. The summed E-state index contributed by atoms with van der Waals surface area (Å²) in [5, 5.41) is 11.7. The molecule has 0 bridgehead atoms. The Labute approximate surface area is 153 Å². The average molecular weight is 348 g/mol. The molecule has 0 amide bonds. The fourth-order valence-corrected chi connectivity index (χ4v) is 4.43. The molecule has 1 heterocycles. The van der Waals surface area contributed by atoms with Gasteiger partial charge in [0, 0.05) is 5.41 Å². The first-order valence-electron chi connectivity index (χ1n) is 9.20. The predicted octanol–water partition coefficient (Wildman–Crippen LogP) is 4.37. The molecule has 0 spiro atoms. The summed E-state index contributed by atoms with van der Waals surface area (Å²) >= 11 is 0. The monoisotopic (exact) mass is 347 g/mol. The van der Waals surface area contributed by atoms with E-state index in [1.165, 1.54) is 25.7 Å². The van der Waals surface area contributed by atoms with Crippen LogP contribution in [0.1, 0.15) is 57.4 Å². The maximum atomic E-state index is 11.7. The number of aliphatic hydroxyl groups is 1. The van der Waals surface area contributed by atoms with E-state index in [1.54, 1.807) is 0 Å². The zero-order valence-electron chi connectivity index (χ0n) is 14.8. The second kappa shape index (κ2) is 8.39.